The average molecular weight is 228 g/mol. The molecule has 1 amide bonds. The minimum atomic E-state index is -0.463. The number of para-hydroxylation sites is 1. The molecule has 0 bridgehead atoms. The lowest BCUT2D eigenvalue weighted by Crippen LogP contribution is -2.26. The topological polar surface area (TPSA) is 42.4 Å². The van der Waals surface area contributed by atoms with E-state index in [9.17, 15) is 4.79 Å². The van der Waals surface area contributed by atoms with Crippen molar-refractivity contribution in [3.8, 4) is 0 Å². The Morgan fingerprint density at radius 2 is 1.82 bits per heavy atom. The first-order chi connectivity index (χ1) is 8.33. The third kappa shape index (κ3) is 2.42. The van der Waals surface area contributed by atoms with Crippen LogP contribution in [0.2, 0.25) is 0 Å². The van der Waals surface area contributed by atoms with Gasteiger partial charge in [0.25, 0.3) is 0 Å². The summed E-state index contributed by atoms with van der Waals surface area (Å²) < 4.78 is 4.77. The maximum Gasteiger partial charge on any atom is 0.419 e. The van der Waals surface area contributed by atoms with Crippen molar-refractivity contribution < 1.29 is 9.53 Å². The van der Waals surface area contributed by atoms with E-state index in [0.717, 1.165) is 5.69 Å². The lowest BCUT2D eigenvalue weighted by Gasteiger charge is -2.19. The van der Waals surface area contributed by atoms with E-state index in [4.69, 9.17) is 4.74 Å². The Morgan fingerprint density at radius 3 is 2.41 bits per heavy atom. The van der Waals surface area contributed by atoms with Gasteiger partial charge in [-0.15, -0.1) is 0 Å². The van der Waals surface area contributed by atoms with Crippen LogP contribution in [0.15, 0.2) is 54.7 Å². The van der Waals surface area contributed by atoms with E-state index in [1.165, 1.54) is 12.0 Å². The highest BCUT2D eigenvalue weighted by Crippen LogP contribution is 2.23. The van der Waals surface area contributed by atoms with Crippen LogP contribution in [0.4, 0.5) is 16.3 Å². The SMILES string of the molecule is COC(=O)N(c1ccccc1)c1ccccn1. The molecule has 1 aromatic heterocycles. The zero-order chi connectivity index (χ0) is 12.1. The van der Waals surface area contributed by atoms with Crippen molar-refractivity contribution in [2.24, 2.45) is 0 Å². The van der Waals surface area contributed by atoms with Crippen LogP contribution in [-0.4, -0.2) is 18.2 Å². The lowest BCUT2D eigenvalue weighted by atomic mass is 10.3. The molecule has 4 nitrogen and oxygen atoms in total. The van der Waals surface area contributed by atoms with Gasteiger partial charge in [0.1, 0.15) is 5.82 Å². The number of hydrogen-bond acceptors (Lipinski definition) is 3. The third-order valence-corrected chi connectivity index (χ3v) is 2.25. The maximum absolute atomic E-state index is 11.8. The first-order valence-corrected chi connectivity index (χ1v) is 5.17. The van der Waals surface area contributed by atoms with Gasteiger partial charge >= 0.3 is 6.09 Å². The summed E-state index contributed by atoms with van der Waals surface area (Å²) in [5.41, 5.74) is 0.720. The molecule has 0 spiro atoms. The van der Waals surface area contributed by atoms with Gasteiger partial charge in [0.05, 0.1) is 12.8 Å². The summed E-state index contributed by atoms with van der Waals surface area (Å²) in [6.45, 7) is 0. The molecule has 2 aromatic rings. The van der Waals surface area contributed by atoms with Crippen LogP contribution in [0.1, 0.15) is 0 Å². The van der Waals surface area contributed by atoms with Gasteiger partial charge in [-0.2, -0.15) is 0 Å². The Balaban J connectivity index is 2.43. The summed E-state index contributed by atoms with van der Waals surface area (Å²) in [7, 11) is 1.35. The van der Waals surface area contributed by atoms with Gasteiger partial charge in [-0.05, 0) is 24.3 Å². The number of carbonyl (C=O) groups is 1. The Bertz CT molecular complexity index is 446. The molecule has 0 saturated carbocycles. The van der Waals surface area contributed by atoms with Crippen LogP contribution in [-0.2, 0) is 4.74 Å². The predicted octanol–water partition coefficient (Wildman–Crippen LogP) is 2.99. The van der Waals surface area contributed by atoms with Crippen LogP contribution >= 0.6 is 0 Å². The van der Waals surface area contributed by atoms with Crippen LogP contribution in [0.25, 0.3) is 0 Å². The fourth-order valence-electron chi connectivity index (χ4n) is 1.49. The first-order valence-electron chi connectivity index (χ1n) is 5.17. The van der Waals surface area contributed by atoms with E-state index in [1.54, 1.807) is 18.3 Å². The number of rotatable bonds is 2. The second-order valence-electron chi connectivity index (χ2n) is 3.33. The molecule has 1 aromatic carbocycles. The molecular formula is C13H12N2O2. The summed E-state index contributed by atoms with van der Waals surface area (Å²) in [5, 5.41) is 0. The van der Waals surface area contributed by atoms with Crippen molar-refractivity contribution >= 4 is 17.6 Å². The van der Waals surface area contributed by atoms with Gasteiger partial charge in [-0.25, -0.2) is 14.7 Å². The minimum absolute atomic E-state index is 0.463. The number of anilines is 2. The molecule has 0 atom stereocenters. The molecule has 1 heterocycles. The summed E-state index contributed by atoms with van der Waals surface area (Å²) >= 11 is 0. The van der Waals surface area contributed by atoms with Crippen LogP contribution in [0.5, 0.6) is 0 Å². The highest BCUT2D eigenvalue weighted by Gasteiger charge is 2.18. The maximum atomic E-state index is 11.8. The zero-order valence-electron chi connectivity index (χ0n) is 9.41. The second-order valence-corrected chi connectivity index (χ2v) is 3.33. The van der Waals surface area contributed by atoms with Gasteiger partial charge in [-0.1, -0.05) is 24.3 Å². The van der Waals surface area contributed by atoms with Gasteiger partial charge in [0.15, 0.2) is 0 Å². The van der Waals surface area contributed by atoms with E-state index >= 15 is 0 Å². The normalized spacial score (nSPS) is 9.71. The molecular weight excluding hydrogens is 216 g/mol. The van der Waals surface area contributed by atoms with Crippen molar-refractivity contribution in [1.82, 2.24) is 4.98 Å². The molecule has 0 radical (unpaired) electrons. The lowest BCUT2D eigenvalue weighted by molar-refractivity contribution is 0.181. The molecule has 0 aliphatic carbocycles. The van der Waals surface area contributed by atoms with Crippen molar-refractivity contribution in [1.29, 1.82) is 0 Å². The van der Waals surface area contributed by atoms with E-state index in [0.29, 0.717) is 5.82 Å². The highest BCUT2D eigenvalue weighted by atomic mass is 16.5. The van der Waals surface area contributed by atoms with Gasteiger partial charge in [-0.3, -0.25) is 0 Å². The number of amides is 1. The number of benzene rings is 1. The fourth-order valence-corrected chi connectivity index (χ4v) is 1.49. The van der Waals surface area contributed by atoms with Gasteiger partial charge in [0, 0.05) is 6.20 Å². The van der Waals surface area contributed by atoms with Gasteiger partial charge in [0.2, 0.25) is 0 Å². The number of methoxy groups -OCH3 is 1. The van der Waals surface area contributed by atoms with E-state index < -0.39 is 6.09 Å². The largest absolute Gasteiger partial charge is 0.452 e. The summed E-state index contributed by atoms with van der Waals surface area (Å²) in [5.74, 6) is 0.533. The first kappa shape index (κ1) is 11.1. The molecule has 4 heteroatoms. The molecule has 0 fully saturated rings. The van der Waals surface area contributed by atoms with E-state index in [-0.39, 0.29) is 0 Å². The Morgan fingerprint density at radius 1 is 1.12 bits per heavy atom. The molecule has 0 N–H and O–H groups in total. The van der Waals surface area contributed by atoms with Gasteiger partial charge < -0.3 is 4.74 Å². The van der Waals surface area contributed by atoms with Crippen molar-refractivity contribution in [3.63, 3.8) is 0 Å². The highest BCUT2D eigenvalue weighted by molar-refractivity contribution is 5.94. The molecule has 86 valence electrons. The quantitative estimate of drug-likeness (QED) is 0.793. The molecule has 17 heavy (non-hydrogen) atoms. The van der Waals surface area contributed by atoms with Crippen molar-refractivity contribution in [3.05, 3.63) is 54.7 Å². The molecule has 0 unspecified atom stereocenters. The summed E-state index contributed by atoms with van der Waals surface area (Å²) in [4.78, 5) is 17.3. The number of hydrogen-bond donors (Lipinski definition) is 0. The molecule has 0 aliphatic rings. The molecule has 0 aliphatic heterocycles. The standard InChI is InChI=1S/C13H12N2O2/c1-17-13(16)15(11-7-3-2-4-8-11)12-9-5-6-10-14-12/h2-10H,1H3. The Kier molecular flexibility index (Phi) is 3.35. The average Bonchev–Trinajstić information content (AvgIpc) is 2.41. The van der Waals surface area contributed by atoms with Crippen LogP contribution in [0, 0.1) is 0 Å². The smallest absolute Gasteiger partial charge is 0.419 e. The molecule has 0 saturated heterocycles. The fraction of sp³-hybridized carbons (Fsp3) is 0.0769. The number of ether oxygens (including phenoxy) is 1. The number of nitrogens with zero attached hydrogens (tertiary/aromatic N) is 2. The second kappa shape index (κ2) is 5.12. The number of aromatic nitrogens is 1. The Hall–Kier alpha value is -2.36. The predicted molar refractivity (Wildman–Crippen MR) is 65.2 cm³/mol. The third-order valence-electron chi connectivity index (χ3n) is 2.25. The number of pyridine rings is 1. The number of carbonyl (C=O) groups excluding carboxylic acids is 1. The Labute approximate surface area is 99.5 Å². The minimum Gasteiger partial charge on any atom is -0.452 e. The van der Waals surface area contributed by atoms with E-state index in [2.05, 4.69) is 4.98 Å². The van der Waals surface area contributed by atoms with Crippen LogP contribution < -0.4 is 4.90 Å². The van der Waals surface area contributed by atoms with Crippen molar-refractivity contribution in [2.45, 2.75) is 0 Å². The van der Waals surface area contributed by atoms with Crippen molar-refractivity contribution in [2.75, 3.05) is 12.0 Å². The summed E-state index contributed by atoms with van der Waals surface area (Å²) in [6.07, 6.45) is 1.17. The molecule has 2 rings (SSSR count). The monoisotopic (exact) mass is 228 g/mol. The van der Waals surface area contributed by atoms with Crippen LogP contribution in [0.3, 0.4) is 0 Å². The summed E-state index contributed by atoms with van der Waals surface area (Å²) in [6, 6.07) is 14.6. The zero-order valence-corrected chi connectivity index (χ0v) is 9.41. The van der Waals surface area contributed by atoms with E-state index in [1.807, 2.05) is 36.4 Å².